The third-order valence-electron chi connectivity index (χ3n) is 7.18. The van der Waals surface area contributed by atoms with Crippen LogP contribution in [-0.2, 0) is 17.9 Å². The number of alkyl halides is 2. The van der Waals surface area contributed by atoms with E-state index in [1.807, 2.05) is 12.1 Å². The smallest absolute Gasteiger partial charge is 0.306 e. The van der Waals surface area contributed by atoms with Gasteiger partial charge in [-0.05, 0) is 61.1 Å². The number of aliphatic carboxylic acids is 1. The number of hydrogen-bond donors (Lipinski definition) is 1. The number of carbonyl (C=O) groups is 1. The maximum Gasteiger partial charge on any atom is 0.306 e. The van der Waals surface area contributed by atoms with Crippen LogP contribution in [0.5, 0.6) is 5.75 Å². The van der Waals surface area contributed by atoms with Crippen LogP contribution in [0.2, 0.25) is 0 Å². The van der Waals surface area contributed by atoms with Crippen LogP contribution in [-0.4, -0.2) is 51.6 Å². The number of aromatic nitrogens is 2. The van der Waals surface area contributed by atoms with Crippen molar-refractivity contribution in [1.82, 2.24) is 15.0 Å². The molecule has 0 saturated heterocycles. The second kappa shape index (κ2) is 10.6. The average Bonchev–Trinajstić information content (AvgIpc) is 3.59. The van der Waals surface area contributed by atoms with Crippen molar-refractivity contribution < 1.29 is 27.9 Å². The largest absolute Gasteiger partial charge is 0.484 e. The highest BCUT2D eigenvalue weighted by Gasteiger charge is 2.32. The van der Waals surface area contributed by atoms with Crippen molar-refractivity contribution in [2.75, 3.05) is 13.3 Å². The lowest BCUT2D eigenvalue weighted by Gasteiger charge is -2.33. The number of hydrogen-bond acceptors (Lipinski definition) is 7. The number of benzene rings is 2. The van der Waals surface area contributed by atoms with Gasteiger partial charge in [-0.3, -0.25) is 9.69 Å². The molecule has 192 valence electrons. The van der Waals surface area contributed by atoms with Crippen LogP contribution in [0.1, 0.15) is 42.4 Å². The zero-order chi connectivity index (χ0) is 25.9. The van der Waals surface area contributed by atoms with Gasteiger partial charge in [0.05, 0.1) is 11.5 Å². The average molecular weight is 509 g/mol. The van der Waals surface area contributed by atoms with Gasteiger partial charge in [0.1, 0.15) is 25.2 Å². The maximum atomic E-state index is 12.8. The molecule has 1 fully saturated rings. The minimum absolute atomic E-state index is 0.0888. The molecule has 0 spiro atoms. The zero-order valence-corrected chi connectivity index (χ0v) is 20.1. The van der Waals surface area contributed by atoms with Gasteiger partial charge in [-0.15, -0.1) is 0 Å². The first-order valence-electron chi connectivity index (χ1n) is 12.2. The fraction of sp³-hybridized carbons (Fsp3) is 0.407. The molecule has 1 N–H and O–H groups in total. The summed E-state index contributed by atoms with van der Waals surface area (Å²) < 4.78 is 36.3. The lowest BCUT2D eigenvalue weighted by Crippen LogP contribution is -2.35. The minimum atomic E-state index is -1.26. The fourth-order valence-corrected chi connectivity index (χ4v) is 5.10. The highest BCUT2D eigenvalue weighted by Crippen LogP contribution is 2.35. The minimum Gasteiger partial charge on any atom is -0.484 e. The summed E-state index contributed by atoms with van der Waals surface area (Å²) in [5.74, 6) is -0.209. The Kier molecular flexibility index (Phi) is 7.15. The predicted octanol–water partition coefficient (Wildman–Crippen LogP) is 4.92. The molecule has 2 aliphatic rings. The summed E-state index contributed by atoms with van der Waals surface area (Å²) in [6.45, 7) is -0.365. The van der Waals surface area contributed by atoms with Gasteiger partial charge in [-0.25, -0.2) is 8.78 Å². The summed E-state index contributed by atoms with van der Waals surface area (Å²) in [6.07, 6.45) is 1.96. The molecule has 3 aromatic rings. The zero-order valence-electron chi connectivity index (χ0n) is 20.1. The van der Waals surface area contributed by atoms with Crippen molar-refractivity contribution in [2.24, 2.45) is 5.92 Å². The second-order valence-corrected chi connectivity index (χ2v) is 9.53. The van der Waals surface area contributed by atoms with Gasteiger partial charge in [0.2, 0.25) is 5.82 Å². The van der Waals surface area contributed by atoms with Gasteiger partial charge in [-0.1, -0.05) is 17.3 Å². The number of nitriles is 1. The predicted molar refractivity (Wildman–Crippen MR) is 129 cm³/mol. The normalized spacial score (nSPS) is 19.5. The van der Waals surface area contributed by atoms with Crippen molar-refractivity contribution in [3.8, 4) is 34.7 Å². The number of fused-ring (bicyclic) bond motifs is 1. The molecule has 0 atom stereocenters. The van der Waals surface area contributed by atoms with E-state index in [0.29, 0.717) is 17.4 Å². The molecule has 0 amide bonds. The Bertz CT molecular complexity index is 1330. The number of ether oxygens (including phenoxy) is 1. The molecule has 1 aliphatic carbocycles. The summed E-state index contributed by atoms with van der Waals surface area (Å²) in [7, 11) is 0. The third kappa shape index (κ3) is 5.18. The molecule has 2 aromatic carbocycles. The molecule has 0 unspecified atom stereocenters. The number of carboxylic acid groups (broad SMARTS) is 1. The molecular weight excluding hydrogens is 482 g/mol. The van der Waals surface area contributed by atoms with E-state index in [4.69, 9.17) is 9.26 Å². The van der Waals surface area contributed by atoms with Crippen LogP contribution in [0.15, 0.2) is 40.9 Å². The first kappa shape index (κ1) is 24.8. The Labute approximate surface area is 212 Å². The fourth-order valence-electron chi connectivity index (χ4n) is 5.10. The molecule has 37 heavy (non-hydrogen) atoms. The van der Waals surface area contributed by atoms with Crippen molar-refractivity contribution in [2.45, 2.75) is 50.9 Å². The molecule has 10 heteroatoms. The Morgan fingerprint density at radius 3 is 2.54 bits per heavy atom. The van der Waals surface area contributed by atoms with Gasteiger partial charge < -0.3 is 14.4 Å². The molecule has 1 aromatic heterocycles. The quantitative estimate of drug-likeness (QED) is 0.456. The van der Waals surface area contributed by atoms with E-state index in [1.54, 1.807) is 6.07 Å². The van der Waals surface area contributed by atoms with Crippen molar-refractivity contribution in [3.63, 3.8) is 0 Å². The summed E-state index contributed by atoms with van der Waals surface area (Å²) in [5.41, 5.74) is 3.83. The van der Waals surface area contributed by atoms with Crippen LogP contribution in [0.3, 0.4) is 0 Å². The van der Waals surface area contributed by atoms with E-state index in [2.05, 4.69) is 27.2 Å². The van der Waals surface area contributed by atoms with Crippen LogP contribution in [0.4, 0.5) is 8.78 Å². The summed E-state index contributed by atoms with van der Waals surface area (Å²) >= 11 is 0. The molecule has 1 aliphatic heterocycles. The lowest BCUT2D eigenvalue weighted by molar-refractivity contribution is -0.143. The number of carboxylic acids is 1. The first-order chi connectivity index (χ1) is 18.0. The summed E-state index contributed by atoms with van der Waals surface area (Å²) in [6, 6.07) is 13.0. The standard InChI is InChI=1S/C27H26F2N4O4/c28-11-23(12-29)36-24-8-5-18(10-20(24)13-30)26-31-25(32-37-26)17-1-2-19-14-33(15-21(19)9-17)22-6-3-16(4-7-22)27(34)35/h1-2,5,8-10,16,22-23H,3-4,6-7,11-12,14-15H2,(H,34,35). The van der Waals surface area contributed by atoms with Gasteiger partial charge in [0.25, 0.3) is 5.89 Å². The highest BCUT2D eigenvalue weighted by atomic mass is 19.1. The molecule has 0 radical (unpaired) electrons. The number of rotatable bonds is 8. The Morgan fingerprint density at radius 1 is 1.11 bits per heavy atom. The SMILES string of the molecule is N#Cc1cc(-c2nc(-c3ccc4c(c3)CN(C3CCC(C(=O)O)CC3)C4)no2)ccc1OC(CF)CF. The lowest BCUT2D eigenvalue weighted by atomic mass is 9.85. The van der Waals surface area contributed by atoms with E-state index < -0.39 is 25.4 Å². The molecular formula is C27H26F2N4O4. The summed E-state index contributed by atoms with van der Waals surface area (Å²) in [4.78, 5) is 18.2. The van der Waals surface area contributed by atoms with E-state index in [1.165, 1.54) is 23.3 Å². The number of nitrogens with zero attached hydrogens (tertiary/aromatic N) is 4. The van der Waals surface area contributed by atoms with Crippen LogP contribution in [0.25, 0.3) is 22.8 Å². The Hall–Kier alpha value is -3.84. The van der Waals surface area contributed by atoms with E-state index in [9.17, 15) is 23.9 Å². The van der Waals surface area contributed by atoms with Crippen LogP contribution in [0, 0.1) is 17.2 Å². The monoisotopic (exact) mass is 508 g/mol. The van der Waals surface area contributed by atoms with E-state index in [0.717, 1.165) is 44.3 Å². The third-order valence-corrected chi connectivity index (χ3v) is 7.18. The molecule has 8 nitrogen and oxygen atoms in total. The Morgan fingerprint density at radius 2 is 1.84 bits per heavy atom. The first-order valence-corrected chi connectivity index (χ1v) is 12.2. The maximum absolute atomic E-state index is 12.8. The highest BCUT2D eigenvalue weighted by molar-refractivity contribution is 5.70. The van der Waals surface area contributed by atoms with Gasteiger partial charge >= 0.3 is 5.97 Å². The van der Waals surface area contributed by atoms with Gasteiger partial charge in [0, 0.05) is 30.3 Å². The molecule has 2 heterocycles. The summed E-state index contributed by atoms with van der Waals surface area (Å²) in [5, 5.41) is 22.8. The van der Waals surface area contributed by atoms with Crippen molar-refractivity contribution in [1.29, 1.82) is 5.26 Å². The van der Waals surface area contributed by atoms with E-state index >= 15 is 0 Å². The number of halogens is 2. The topological polar surface area (TPSA) is 112 Å². The van der Waals surface area contributed by atoms with Crippen LogP contribution >= 0.6 is 0 Å². The molecule has 5 rings (SSSR count). The van der Waals surface area contributed by atoms with Gasteiger partial charge in [-0.2, -0.15) is 10.2 Å². The van der Waals surface area contributed by atoms with Crippen molar-refractivity contribution >= 4 is 5.97 Å². The molecule has 0 bridgehead atoms. The second-order valence-electron chi connectivity index (χ2n) is 9.53. The molecule has 1 saturated carbocycles. The van der Waals surface area contributed by atoms with Crippen LogP contribution < -0.4 is 4.74 Å². The van der Waals surface area contributed by atoms with Gasteiger partial charge in [0.15, 0.2) is 6.10 Å². The van der Waals surface area contributed by atoms with Crippen molar-refractivity contribution in [3.05, 3.63) is 53.1 Å². The van der Waals surface area contributed by atoms with E-state index in [-0.39, 0.29) is 23.1 Å². The Balaban J connectivity index is 1.29.